The number of ether oxygens (including phenoxy) is 3. The molecule has 0 aromatic carbocycles. The van der Waals surface area contributed by atoms with Gasteiger partial charge in [0.1, 0.15) is 5.69 Å². The van der Waals surface area contributed by atoms with E-state index in [1.807, 2.05) is 0 Å². The molecule has 12 nitrogen and oxygen atoms in total. The van der Waals surface area contributed by atoms with E-state index >= 15 is 0 Å². The molecule has 176 valence electrons. The maximum absolute atomic E-state index is 12.5. The molecule has 0 fully saturated rings. The summed E-state index contributed by atoms with van der Waals surface area (Å²) in [4.78, 5) is 41.6. The van der Waals surface area contributed by atoms with Gasteiger partial charge in [-0.2, -0.15) is 5.11 Å². The van der Waals surface area contributed by atoms with E-state index in [9.17, 15) is 14.4 Å². The van der Waals surface area contributed by atoms with E-state index in [0.717, 1.165) is 14.2 Å². The number of pyridine rings is 1. The number of aromatic nitrogens is 1. The molecule has 0 aliphatic heterocycles. The van der Waals surface area contributed by atoms with Crippen LogP contribution in [0.5, 0.6) is 5.75 Å². The van der Waals surface area contributed by atoms with Gasteiger partial charge in [0.2, 0.25) is 0 Å². The van der Waals surface area contributed by atoms with Crippen LogP contribution in [0.3, 0.4) is 0 Å². The highest BCUT2D eigenvalue weighted by Gasteiger charge is 2.21. The van der Waals surface area contributed by atoms with E-state index in [1.54, 1.807) is 32.9 Å². The van der Waals surface area contributed by atoms with Gasteiger partial charge >= 0.3 is 18.3 Å². The molecule has 1 aromatic heterocycles. The van der Waals surface area contributed by atoms with Gasteiger partial charge < -0.3 is 19.1 Å². The highest BCUT2D eigenvalue weighted by Crippen LogP contribution is 2.35. The number of carbonyl (C=O) groups excluding carboxylic acids is 3. The van der Waals surface area contributed by atoms with E-state index < -0.39 is 18.3 Å². The predicted octanol–water partition coefficient (Wildman–Crippen LogP) is 4.46. The number of carbonyl (C=O) groups is 3. The molecule has 0 atom stereocenters. The van der Waals surface area contributed by atoms with Crippen LogP contribution in [0.25, 0.3) is 0 Å². The Labute approximate surface area is 191 Å². The van der Waals surface area contributed by atoms with Crippen LogP contribution in [-0.2, 0) is 9.47 Å². The summed E-state index contributed by atoms with van der Waals surface area (Å²) >= 11 is 0. The van der Waals surface area contributed by atoms with E-state index in [4.69, 9.17) is 11.2 Å². The summed E-state index contributed by atoms with van der Waals surface area (Å²) in [5, 5.41) is 12.8. The first-order chi connectivity index (χ1) is 15.8. The fourth-order valence-electron chi connectivity index (χ4n) is 2.19. The third-order valence-electron chi connectivity index (χ3n) is 3.92. The van der Waals surface area contributed by atoms with Crippen LogP contribution >= 0.6 is 0 Å². The molecule has 0 saturated heterocycles. The number of azo groups is 1. The third-order valence-corrected chi connectivity index (χ3v) is 3.92. The quantitative estimate of drug-likeness (QED) is 0.332. The first-order valence-corrected chi connectivity index (χ1v) is 9.75. The number of rotatable bonds is 8. The molecule has 12 heteroatoms. The summed E-state index contributed by atoms with van der Waals surface area (Å²) in [5.41, 5.74) is 0.419. The molecule has 1 rings (SSSR count). The monoisotopic (exact) mass is 458 g/mol. The lowest BCUT2D eigenvalue weighted by molar-refractivity contribution is 0.157. The fourth-order valence-corrected chi connectivity index (χ4v) is 2.19. The Kier molecular flexibility index (Phi) is 11.1. The maximum atomic E-state index is 12.5. The second-order valence-electron chi connectivity index (χ2n) is 5.89. The SMILES string of the molecule is C#C/C=C\C(=C/C)N=Nc1cc(OC(=O)N(CC)CC)c(NC(=O)OC)nc1NC(=O)OC. The Morgan fingerprint density at radius 3 is 2.27 bits per heavy atom. The van der Waals surface area contributed by atoms with Gasteiger partial charge in [-0.1, -0.05) is 12.0 Å². The van der Waals surface area contributed by atoms with Gasteiger partial charge in [0, 0.05) is 19.2 Å². The van der Waals surface area contributed by atoms with Crippen molar-refractivity contribution in [3.8, 4) is 18.1 Å². The second-order valence-corrected chi connectivity index (χ2v) is 5.89. The molecular weight excluding hydrogens is 432 g/mol. The highest BCUT2D eigenvalue weighted by molar-refractivity contribution is 5.91. The topological polar surface area (TPSA) is 144 Å². The van der Waals surface area contributed by atoms with Crippen molar-refractivity contribution in [3.05, 3.63) is 30.0 Å². The number of anilines is 2. The smallest absolute Gasteiger partial charge is 0.415 e. The molecule has 3 amide bonds. The van der Waals surface area contributed by atoms with Crippen LogP contribution in [0.4, 0.5) is 31.7 Å². The minimum Gasteiger partial charge on any atom is -0.453 e. The van der Waals surface area contributed by atoms with Crippen molar-refractivity contribution in [3.63, 3.8) is 0 Å². The Balaban J connectivity index is 3.59. The van der Waals surface area contributed by atoms with Crippen molar-refractivity contribution in [2.24, 2.45) is 10.2 Å². The lowest BCUT2D eigenvalue weighted by atomic mass is 10.3. The lowest BCUT2D eigenvalue weighted by Gasteiger charge is -2.19. The number of terminal acetylenes is 1. The molecule has 0 radical (unpaired) electrons. The summed E-state index contributed by atoms with van der Waals surface area (Å²) in [6, 6.07) is 1.27. The Bertz CT molecular complexity index is 992. The molecule has 0 unspecified atom stereocenters. The minimum absolute atomic E-state index is 0.00613. The molecule has 0 bridgehead atoms. The Hall–Kier alpha value is -4.40. The standard InChI is InChI=1S/C21H26N6O6/c1-7-11-12-14(8-2)25-26-15-13-16(33-21(30)27(9-3)10-4)18(24-20(29)32-6)22-17(15)23-19(28)31-5/h1,8,11-13H,9-10H2,2-6H3,(H2,22,23,24,28,29)/b12-11-,14-8+,26-25?. The average molecular weight is 458 g/mol. The van der Waals surface area contributed by atoms with Gasteiger partial charge in [-0.15, -0.1) is 11.5 Å². The Morgan fingerprint density at radius 2 is 1.76 bits per heavy atom. The van der Waals surface area contributed by atoms with Crippen LogP contribution < -0.4 is 15.4 Å². The Morgan fingerprint density at radius 1 is 1.15 bits per heavy atom. The van der Waals surface area contributed by atoms with Gasteiger partial charge in [0.25, 0.3) is 0 Å². The molecule has 0 spiro atoms. The molecule has 0 saturated carbocycles. The summed E-state index contributed by atoms with van der Waals surface area (Å²) in [6.07, 6.45) is 7.41. The number of hydrogen-bond donors (Lipinski definition) is 2. The molecule has 33 heavy (non-hydrogen) atoms. The fraction of sp³-hybridized carbons (Fsp3) is 0.333. The zero-order chi connectivity index (χ0) is 24.8. The zero-order valence-electron chi connectivity index (χ0n) is 19.0. The van der Waals surface area contributed by atoms with E-state index in [2.05, 4.69) is 41.2 Å². The van der Waals surface area contributed by atoms with E-state index in [0.29, 0.717) is 18.8 Å². The number of amides is 3. The second kappa shape index (κ2) is 13.8. The first kappa shape index (κ1) is 26.6. The molecule has 1 heterocycles. The van der Waals surface area contributed by atoms with Crippen molar-refractivity contribution in [2.45, 2.75) is 20.8 Å². The van der Waals surface area contributed by atoms with Crippen LogP contribution in [0, 0.1) is 12.3 Å². The van der Waals surface area contributed by atoms with Gasteiger partial charge in [-0.05, 0) is 32.9 Å². The van der Waals surface area contributed by atoms with Crippen molar-refractivity contribution in [1.82, 2.24) is 9.88 Å². The van der Waals surface area contributed by atoms with E-state index in [1.165, 1.54) is 17.0 Å². The summed E-state index contributed by atoms with van der Waals surface area (Å²) in [5.74, 6) is 1.85. The number of nitrogens with one attached hydrogen (secondary N) is 2. The van der Waals surface area contributed by atoms with Crippen LogP contribution in [0.2, 0.25) is 0 Å². The average Bonchev–Trinajstić information content (AvgIpc) is 2.81. The van der Waals surface area contributed by atoms with Crippen molar-refractivity contribution < 1.29 is 28.6 Å². The number of allylic oxidation sites excluding steroid dienone is 3. The third kappa shape index (κ3) is 8.33. The van der Waals surface area contributed by atoms with Gasteiger partial charge in [-0.25, -0.2) is 19.4 Å². The molecule has 1 aromatic rings. The maximum Gasteiger partial charge on any atom is 0.415 e. The molecule has 2 N–H and O–H groups in total. The normalized spacial score (nSPS) is 11.1. The van der Waals surface area contributed by atoms with Gasteiger partial charge in [0.15, 0.2) is 17.4 Å². The van der Waals surface area contributed by atoms with Gasteiger partial charge in [0.05, 0.1) is 19.9 Å². The largest absolute Gasteiger partial charge is 0.453 e. The van der Waals surface area contributed by atoms with Crippen molar-refractivity contribution in [1.29, 1.82) is 0 Å². The first-order valence-electron chi connectivity index (χ1n) is 9.75. The summed E-state index contributed by atoms with van der Waals surface area (Å²) in [7, 11) is 2.31. The molecule has 0 aliphatic carbocycles. The minimum atomic E-state index is -0.878. The number of nitrogens with zero attached hydrogens (tertiary/aromatic N) is 4. The van der Waals surface area contributed by atoms with Gasteiger partial charge in [-0.3, -0.25) is 10.6 Å². The molecule has 0 aliphatic rings. The summed E-state index contributed by atoms with van der Waals surface area (Å²) < 4.78 is 14.6. The van der Waals surface area contributed by atoms with Crippen molar-refractivity contribution >= 4 is 35.6 Å². The predicted molar refractivity (Wildman–Crippen MR) is 121 cm³/mol. The summed E-state index contributed by atoms with van der Waals surface area (Å²) in [6.45, 7) is 6.07. The van der Waals surface area contributed by atoms with Crippen molar-refractivity contribution in [2.75, 3.05) is 37.9 Å². The lowest BCUT2D eigenvalue weighted by Crippen LogP contribution is -2.33. The number of hydrogen-bond acceptors (Lipinski definition) is 9. The number of methoxy groups -OCH3 is 2. The zero-order valence-corrected chi connectivity index (χ0v) is 19.0. The van der Waals surface area contributed by atoms with Crippen LogP contribution in [0.1, 0.15) is 20.8 Å². The van der Waals surface area contributed by atoms with Crippen LogP contribution in [-0.4, -0.2) is 55.5 Å². The highest BCUT2D eigenvalue weighted by atomic mass is 16.6. The van der Waals surface area contributed by atoms with Crippen LogP contribution in [0.15, 0.2) is 40.2 Å². The van der Waals surface area contributed by atoms with E-state index in [-0.39, 0.29) is 23.1 Å². The molecular formula is C21H26N6O6.